The molecule has 0 radical (unpaired) electrons. The zero-order chi connectivity index (χ0) is 8.24. The SMILES string of the molecule is CCCC=O.NCCCN. The van der Waals surface area contributed by atoms with E-state index in [0.29, 0.717) is 6.42 Å². The maximum atomic E-state index is 9.40. The highest BCUT2D eigenvalue weighted by Crippen LogP contribution is 1.74. The van der Waals surface area contributed by atoms with Gasteiger partial charge in [-0.3, -0.25) is 0 Å². The number of aldehydes is 1. The van der Waals surface area contributed by atoms with Gasteiger partial charge < -0.3 is 16.3 Å². The Bertz CT molecular complexity index is 55.6. The normalized spacial score (nSPS) is 7.90. The summed E-state index contributed by atoms with van der Waals surface area (Å²) in [5, 5.41) is 0. The van der Waals surface area contributed by atoms with E-state index in [2.05, 4.69) is 0 Å². The van der Waals surface area contributed by atoms with Gasteiger partial charge in [-0.05, 0) is 25.9 Å². The lowest BCUT2D eigenvalue weighted by atomic mass is 10.4. The fourth-order valence-corrected chi connectivity index (χ4v) is 0.236. The Morgan fingerprint density at radius 1 is 1.30 bits per heavy atom. The van der Waals surface area contributed by atoms with Gasteiger partial charge in [0.25, 0.3) is 0 Å². The average Bonchev–Trinajstić information content (AvgIpc) is 1.93. The Kier molecular flexibility index (Phi) is 19.5. The number of rotatable bonds is 4. The Labute approximate surface area is 62.8 Å². The van der Waals surface area contributed by atoms with Crippen LogP contribution in [0.4, 0.5) is 0 Å². The van der Waals surface area contributed by atoms with Crippen molar-refractivity contribution < 1.29 is 4.79 Å². The van der Waals surface area contributed by atoms with Crippen molar-refractivity contribution in [2.45, 2.75) is 26.2 Å². The second kappa shape index (κ2) is 15.8. The fourth-order valence-electron chi connectivity index (χ4n) is 0.236. The van der Waals surface area contributed by atoms with Crippen LogP contribution in [0.3, 0.4) is 0 Å². The lowest BCUT2D eigenvalue weighted by molar-refractivity contribution is -0.107. The average molecular weight is 146 g/mol. The summed E-state index contributed by atoms with van der Waals surface area (Å²) in [6, 6.07) is 0. The van der Waals surface area contributed by atoms with Crippen LogP contribution in [0.1, 0.15) is 26.2 Å². The molecule has 0 saturated carbocycles. The molecule has 0 aromatic rings. The molecule has 0 atom stereocenters. The molecule has 0 amide bonds. The van der Waals surface area contributed by atoms with Crippen LogP contribution in [0.25, 0.3) is 0 Å². The van der Waals surface area contributed by atoms with Gasteiger partial charge in [-0.15, -0.1) is 0 Å². The molecular weight excluding hydrogens is 128 g/mol. The van der Waals surface area contributed by atoms with E-state index in [9.17, 15) is 4.79 Å². The van der Waals surface area contributed by atoms with E-state index in [1.165, 1.54) is 0 Å². The second-order valence-corrected chi connectivity index (χ2v) is 1.89. The van der Waals surface area contributed by atoms with Crippen LogP contribution in [-0.2, 0) is 4.79 Å². The van der Waals surface area contributed by atoms with E-state index in [1.807, 2.05) is 6.92 Å². The van der Waals surface area contributed by atoms with Gasteiger partial charge in [0.2, 0.25) is 0 Å². The quantitative estimate of drug-likeness (QED) is 0.560. The first kappa shape index (κ1) is 12.3. The number of hydrogen-bond donors (Lipinski definition) is 2. The van der Waals surface area contributed by atoms with Gasteiger partial charge >= 0.3 is 0 Å². The minimum atomic E-state index is 0.708. The predicted molar refractivity (Wildman–Crippen MR) is 43.7 cm³/mol. The molecule has 3 heteroatoms. The summed E-state index contributed by atoms with van der Waals surface area (Å²) >= 11 is 0. The number of carbonyl (C=O) groups excluding carboxylic acids is 1. The van der Waals surface area contributed by atoms with Gasteiger partial charge in [-0.25, -0.2) is 0 Å². The Morgan fingerprint density at radius 2 is 1.80 bits per heavy atom. The molecule has 0 bridgehead atoms. The molecule has 62 valence electrons. The topological polar surface area (TPSA) is 69.1 Å². The molecule has 0 aromatic carbocycles. The Balaban J connectivity index is 0. The molecule has 0 spiro atoms. The summed E-state index contributed by atoms with van der Waals surface area (Å²) in [6.45, 7) is 3.42. The first-order valence-electron chi connectivity index (χ1n) is 3.67. The van der Waals surface area contributed by atoms with E-state index < -0.39 is 0 Å². The molecule has 0 rings (SSSR count). The van der Waals surface area contributed by atoms with Crippen molar-refractivity contribution >= 4 is 6.29 Å². The lowest BCUT2D eigenvalue weighted by Crippen LogP contribution is -2.06. The van der Waals surface area contributed by atoms with Gasteiger partial charge in [0, 0.05) is 6.42 Å². The largest absolute Gasteiger partial charge is 0.330 e. The number of unbranched alkanes of at least 4 members (excludes halogenated alkanes) is 1. The van der Waals surface area contributed by atoms with E-state index in [0.717, 1.165) is 32.2 Å². The second-order valence-electron chi connectivity index (χ2n) is 1.89. The van der Waals surface area contributed by atoms with E-state index in [-0.39, 0.29) is 0 Å². The van der Waals surface area contributed by atoms with E-state index >= 15 is 0 Å². The summed E-state index contributed by atoms with van der Waals surface area (Å²) in [6.07, 6.45) is 3.56. The summed E-state index contributed by atoms with van der Waals surface area (Å²) in [5.41, 5.74) is 10.1. The first-order chi connectivity index (χ1) is 4.83. The van der Waals surface area contributed by atoms with Gasteiger partial charge in [-0.1, -0.05) is 6.92 Å². The van der Waals surface area contributed by atoms with Gasteiger partial charge in [0.05, 0.1) is 0 Å². The maximum absolute atomic E-state index is 9.40. The Morgan fingerprint density at radius 3 is 1.80 bits per heavy atom. The lowest BCUT2D eigenvalue weighted by Gasteiger charge is -1.81. The zero-order valence-electron chi connectivity index (χ0n) is 6.68. The standard InChI is InChI=1S/C4H8O.C3H10N2/c1-2-3-4-5;4-2-1-3-5/h4H,2-3H2,1H3;1-5H2. The summed E-state index contributed by atoms with van der Waals surface area (Å²) in [4.78, 5) is 9.40. The van der Waals surface area contributed by atoms with Crippen molar-refractivity contribution in [2.75, 3.05) is 13.1 Å². The number of carbonyl (C=O) groups is 1. The molecule has 3 nitrogen and oxygen atoms in total. The van der Waals surface area contributed by atoms with Crippen molar-refractivity contribution in [1.82, 2.24) is 0 Å². The van der Waals surface area contributed by atoms with Gasteiger partial charge in [0.1, 0.15) is 6.29 Å². The minimum absolute atomic E-state index is 0.708. The molecule has 0 unspecified atom stereocenters. The van der Waals surface area contributed by atoms with Crippen LogP contribution in [0.5, 0.6) is 0 Å². The van der Waals surface area contributed by atoms with Gasteiger partial charge in [-0.2, -0.15) is 0 Å². The van der Waals surface area contributed by atoms with Crippen LogP contribution >= 0.6 is 0 Å². The van der Waals surface area contributed by atoms with Crippen LogP contribution in [-0.4, -0.2) is 19.4 Å². The van der Waals surface area contributed by atoms with Crippen molar-refractivity contribution in [3.05, 3.63) is 0 Å². The number of hydrogen-bond acceptors (Lipinski definition) is 3. The first-order valence-corrected chi connectivity index (χ1v) is 3.67. The molecule has 10 heavy (non-hydrogen) atoms. The van der Waals surface area contributed by atoms with E-state index in [4.69, 9.17) is 11.5 Å². The van der Waals surface area contributed by atoms with Crippen molar-refractivity contribution in [3.8, 4) is 0 Å². The van der Waals surface area contributed by atoms with E-state index in [1.54, 1.807) is 0 Å². The summed E-state index contributed by atoms with van der Waals surface area (Å²) in [5.74, 6) is 0. The predicted octanol–water partition coefficient (Wildman–Crippen LogP) is 0.279. The summed E-state index contributed by atoms with van der Waals surface area (Å²) in [7, 11) is 0. The van der Waals surface area contributed by atoms with Crippen LogP contribution in [0.2, 0.25) is 0 Å². The van der Waals surface area contributed by atoms with Crippen molar-refractivity contribution in [1.29, 1.82) is 0 Å². The molecule has 0 aromatic heterocycles. The highest BCUT2D eigenvalue weighted by molar-refractivity contribution is 5.48. The third kappa shape index (κ3) is 25.6. The minimum Gasteiger partial charge on any atom is -0.330 e. The van der Waals surface area contributed by atoms with Crippen LogP contribution in [0.15, 0.2) is 0 Å². The fraction of sp³-hybridized carbons (Fsp3) is 0.857. The molecule has 0 saturated heterocycles. The highest BCUT2D eigenvalue weighted by Gasteiger charge is 1.67. The third-order valence-electron chi connectivity index (χ3n) is 0.815. The molecular formula is C7H18N2O. The molecule has 0 heterocycles. The third-order valence-corrected chi connectivity index (χ3v) is 0.815. The highest BCUT2D eigenvalue weighted by atomic mass is 16.1. The summed E-state index contributed by atoms with van der Waals surface area (Å²) < 4.78 is 0. The van der Waals surface area contributed by atoms with Gasteiger partial charge in [0.15, 0.2) is 0 Å². The molecule has 0 aliphatic rings. The van der Waals surface area contributed by atoms with Crippen LogP contribution in [0, 0.1) is 0 Å². The molecule has 0 aliphatic carbocycles. The van der Waals surface area contributed by atoms with Crippen LogP contribution < -0.4 is 11.5 Å². The zero-order valence-corrected chi connectivity index (χ0v) is 6.68. The maximum Gasteiger partial charge on any atom is 0.119 e. The molecule has 4 N–H and O–H groups in total. The number of nitrogens with two attached hydrogens (primary N) is 2. The van der Waals surface area contributed by atoms with Crippen molar-refractivity contribution in [2.24, 2.45) is 11.5 Å². The van der Waals surface area contributed by atoms with Crippen molar-refractivity contribution in [3.63, 3.8) is 0 Å². The Hall–Kier alpha value is -0.410. The molecule has 0 fully saturated rings. The smallest absolute Gasteiger partial charge is 0.119 e. The monoisotopic (exact) mass is 146 g/mol. The molecule has 0 aliphatic heterocycles.